The number of rotatable bonds is 0. The van der Waals surface area contributed by atoms with E-state index in [9.17, 15) is 0 Å². The Hall–Kier alpha value is 1.22. The van der Waals surface area contributed by atoms with E-state index in [1.165, 1.54) is 0 Å². The van der Waals surface area contributed by atoms with Gasteiger partial charge in [-0.25, -0.2) is 0 Å². The number of aliphatic hydroxyl groups is 1. The second kappa shape index (κ2) is 3.25. The quantitative estimate of drug-likeness (QED) is 0.493. The van der Waals surface area contributed by atoms with Crippen LogP contribution in [0.1, 0.15) is 20.8 Å². The molecule has 0 unspecified atom stereocenters. The van der Waals surface area contributed by atoms with Crippen molar-refractivity contribution in [2.75, 3.05) is 0 Å². The molecule has 0 amide bonds. The molecule has 1 nitrogen and oxygen atoms in total. The van der Waals surface area contributed by atoms with Gasteiger partial charge in [0.05, 0.1) is 5.60 Å². The van der Waals surface area contributed by atoms with E-state index < -0.39 is 5.60 Å². The summed E-state index contributed by atoms with van der Waals surface area (Å²) >= 11 is 0. The van der Waals surface area contributed by atoms with Crippen molar-refractivity contribution < 1.29 is 42.8 Å². The average Bonchev–Trinajstić information content (AvgIpc) is 0.722. The van der Waals surface area contributed by atoms with E-state index in [1.54, 1.807) is 20.8 Å². The van der Waals surface area contributed by atoms with E-state index in [1.807, 2.05) is 0 Å². The van der Waals surface area contributed by atoms with Gasteiger partial charge in [0.1, 0.15) is 0 Å². The summed E-state index contributed by atoms with van der Waals surface area (Å²) < 4.78 is 0. The van der Waals surface area contributed by atoms with E-state index in [4.69, 9.17) is 5.11 Å². The predicted molar refractivity (Wildman–Crippen MR) is 22.0 cm³/mol. The largest absolute Gasteiger partial charge is 0.391 e. The van der Waals surface area contributed by atoms with Gasteiger partial charge in [-0.2, -0.15) is 0 Å². The third kappa shape index (κ3) is 62.5. The first-order valence-electron chi connectivity index (χ1n) is 1.72. The molecule has 0 aliphatic rings. The normalized spacial score (nSPS) is 10.0. The van der Waals surface area contributed by atoms with E-state index in [0.717, 1.165) is 0 Å². The average molecular weight is 114 g/mol. The van der Waals surface area contributed by atoms with Gasteiger partial charge >= 0.3 is 0 Å². The van der Waals surface area contributed by atoms with Crippen LogP contribution in [0.3, 0.4) is 0 Å². The van der Waals surface area contributed by atoms with Crippen LogP contribution < -0.4 is 0 Å². The molecule has 0 aromatic rings. The molecular formula is C4H10ArO. The molecule has 6 heavy (non-hydrogen) atoms. The van der Waals surface area contributed by atoms with Crippen molar-refractivity contribution in [2.24, 2.45) is 0 Å². The molecule has 0 radical (unpaired) electrons. The van der Waals surface area contributed by atoms with Crippen LogP contribution in [0.5, 0.6) is 0 Å². The van der Waals surface area contributed by atoms with Crippen LogP contribution in [-0.4, -0.2) is 10.7 Å². The molecule has 0 aromatic carbocycles. The van der Waals surface area contributed by atoms with Crippen LogP contribution in [0, 0.1) is 37.7 Å². The first-order valence-corrected chi connectivity index (χ1v) is 1.72. The fraction of sp³-hybridized carbons (Fsp3) is 1.00. The summed E-state index contributed by atoms with van der Waals surface area (Å²) in [7, 11) is 0. The minimum atomic E-state index is -0.500. The Morgan fingerprint density at radius 3 is 1.17 bits per heavy atom. The topological polar surface area (TPSA) is 20.2 Å². The first-order chi connectivity index (χ1) is 2.00. The van der Waals surface area contributed by atoms with E-state index >= 15 is 0 Å². The molecule has 0 saturated carbocycles. The minimum Gasteiger partial charge on any atom is -0.391 e. The molecule has 2 heteroatoms. The molecule has 0 rings (SSSR count). The molecule has 0 aliphatic carbocycles. The molecule has 0 aliphatic heterocycles. The summed E-state index contributed by atoms with van der Waals surface area (Å²) in [5.74, 6) is 0. The summed E-state index contributed by atoms with van der Waals surface area (Å²) in [4.78, 5) is 0. The molecule has 40 valence electrons. The Morgan fingerprint density at radius 1 is 1.17 bits per heavy atom. The van der Waals surface area contributed by atoms with Gasteiger partial charge in [0.25, 0.3) is 0 Å². The van der Waals surface area contributed by atoms with E-state index in [-0.39, 0.29) is 37.7 Å². The Morgan fingerprint density at radius 2 is 1.17 bits per heavy atom. The number of hydrogen-bond acceptors (Lipinski definition) is 1. The smallest absolute Gasteiger partial charge is 0.0563 e. The monoisotopic (exact) mass is 114 g/mol. The van der Waals surface area contributed by atoms with Crippen molar-refractivity contribution in [3.63, 3.8) is 0 Å². The van der Waals surface area contributed by atoms with Gasteiger partial charge < -0.3 is 5.11 Å². The zero-order chi connectivity index (χ0) is 4.50. The zero-order valence-electron chi connectivity index (χ0n) is 4.30. The zero-order valence-corrected chi connectivity index (χ0v) is 5.01. The maximum Gasteiger partial charge on any atom is 0.0563 e. The van der Waals surface area contributed by atoms with Gasteiger partial charge in [-0.05, 0) is 20.8 Å². The minimum absolute atomic E-state index is 0. The van der Waals surface area contributed by atoms with Gasteiger partial charge in [-0.3, -0.25) is 0 Å². The fourth-order valence-electron chi connectivity index (χ4n) is 0. The van der Waals surface area contributed by atoms with Crippen LogP contribution in [-0.2, 0) is 0 Å². The van der Waals surface area contributed by atoms with Crippen molar-refractivity contribution >= 4 is 0 Å². The van der Waals surface area contributed by atoms with Crippen LogP contribution >= 0.6 is 0 Å². The summed E-state index contributed by atoms with van der Waals surface area (Å²) in [5.41, 5.74) is -0.500. The van der Waals surface area contributed by atoms with Gasteiger partial charge in [0.15, 0.2) is 0 Å². The molecule has 0 fully saturated rings. The maximum atomic E-state index is 8.52. The second-order valence-corrected chi connectivity index (χ2v) is 2.17. The van der Waals surface area contributed by atoms with Crippen LogP contribution in [0.25, 0.3) is 0 Å². The maximum absolute atomic E-state index is 8.52. The summed E-state index contributed by atoms with van der Waals surface area (Å²) in [6.45, 7) is 5.23. The molecule has 0 spiro atoms. The van der Waals surface area contributed by atoms with Gasteiger partial charge in [-0.1, -0.05) is 0 Å². The van der Waals surface area contributed by atoms with Crippen LogP contribution in [0.2, 0.25) is 0 Å². The van der Waals surface area contributed by atoms with Crippen molar-refractivity contribution in [3.05, 3.63) is 0 Å². The van der Waals surface area contributed by atoms with Crippen molar-refractivity contribution in [3.8, 4) is 0 Å². The molecule has 0 atom stereocenters. The van der Waals surface area contributed by atoms with E-state index in [2.05, 4.69) is 0 Å². The molecule has 0 aromatic heterocycles. The summed E-state index contributed by atoms with van der Waals surface area (Å²) in [5, 5.41) is 8.52. The molecule has 0 saturated heterocycles. The molecule has 0 heterocycles. The van der Waals surface area contributed by atoms with Crippen molar-refractivity contribution in [1.29, 1.82) is 0 Å². The Labute approximate surface area is 68.7 Å². The van der Waals surface area contributed by atoms with Crippen molar-refractivity contribution in [1.82, 2.24) is 0 Å². The Bertz CT molecular complexity index is 23.0. The fourth-order valence-corrected chi connectivity index (χ4v) is 0. The van der Waals surface area contributed by atoms with Gasteiger partial charge in [0, 0.05) is 37.7 Å². The molecular weight excluding hydrogens is 104 g/mol. The Balaban J connectivity index is 0. The molecule has 0 bridgehead atoms. The second-order valence-electron chi connectivity index (χ2n) is 2.17. The van der Waals surface area contributed by atoms with Crippen LogP contribution in [0.15, 0.2) is 0 Å². The summed E-state index contributed by atoms with van der Waals surface area (Å²) in [6, 6.07) is 0. The standard InChI is InChI=1S/C4H10O.Ar/c1-4(2,3)5;/h5H,1-3H3;. The predicted octanol–water partition coefficient (Wildman–Crippen LogP) is 0.777. The van der Waals surface area contributed by atoms with Crippen LogP contribution in [0.4, 0.5) is 0 Å². The van der Waals surface area contributed by atoms with E-state index in [0.29, 0.717) is 0 Å². The molecule has 1 N–H and O–H groups in total. The van der Waals surface area contributed by atoms with Gasteiger partial charge in [-0.15, -0.1) is 0 Å². The third-order valence-electron chi connectivity index (χ3n) is 0. The Kier molecular flexibility index (Phi) is 5.55. The first kappa shape index (κ1) is 10.3. The third-order valence-corrected chi connectivity index (χ3v) is 0. The SMILES string of the molecule is CC(C)(C)O.[Ar]. The van der Waals surface area contributed by atoms with Crippen molar-refractivity contribution in [2.45, 2.75) is 26.4 Å². The summed E-state index contributed by atoms with van der Waals surface area (Å²) in [6.07, 6.45) is 0. The number of hydrogen-bond donors (Lipinski definition) is 1. The van der Waals surface area contributed by atoms with Gasteiger partial charge in [0.2, 0.25) is 0 Å².